The summed E-state index contributed by atoms with van der Waals surface area (Å²) in [6.07, 6.45) is 0.509. The molecule has 0 aliphatic carbocycles. The first kappa shape index (κ1) is 14.6. The van der Waals surface area contributed by atoms with E-state index in [1.807, 2.05) is 30.3 Å². The first-order valence-electron chi connectivity index (χ1n) is 7.51. The van der Waals surface area contributed by atoms with Gasteiger partial charge in [-0.25, -0.2) is 0 Å². The second kappa shape index (κ2) is 5.48. The van der Waals surface area contributed by atoms with Gasteiger partial charge in [-0.05, 0) is 32.4 Å². The Morgan fingerprint density at radius 2 is 2.09 bits per heavy atom. The van der Waals surface area contributed by atoms with Gasteiger partial charge in [0.15, 0.2) is 0 Å². The van der Waals surface area contributed by atoms with E-state index in [4.69, 9.17) is 4.42 Å². The number of rotatable bonds is 3. The van der Waals surface area contributed by atoms with Crippen LogP contribution in [0.3, 0.4) is 0 Å². The molecule has 1 amide bonds. The molecule has 2 heterocycles. The highest BCUT2D eigenvalue weighted by atomic mass is 16.4. The van der Waals surface area contributed by atoms with E-state index in [-0.39, 0.29) is 11.9 Å². The van der Waals surface area contributed by atoms with Crippen LogP contribution in [0.5, 0.6) is 0 Å². The topological polar surface area (TPSA) is 70.8 Å². The second-order valence-corrected chi connectivity index (χ2v) is 5.91. The van der Waals surface area contributed by atoms with Crippen molar-refractivity contribution >= 4 is 22.8 Å². The van der Waals surface area contributed by atoms with Gasteiger partial charge in [-0.2, -0.15) is 0 Å². The molecule has 1 aliphatic heterocycles. The van der Waals surface area contributed by atoms with Crippen molar-refractivity contribution in [3.05, 3.63) is 36.1 Å². The van der Waals surface area contributed by atoms with Crippen molar-refractivity contribution in [1.29, 1.82) is 0 Å². The number of benzene rings is 1. The highest BCUT2D eigenvalue weighted by molar-refractivity contribution is 5.86. The van der Waals surface area contributed by atoms with Crippen LogP contribution in [0.4, 0.5) is 0 Å². The number of amides is 1. The molecule has 0 bridgehead atoms. The predicted molar refractivity (Wildman–Crippen MR) is 81.5 cm³/mol. The van der Waals surface area contributed by atoms with E-state index in [0.29, 0.717) is 18.7 Å². The molecule has 5 nitrogen and oxygen atoms in total. The zero-order chi connectivity index (χ0) is 15.9. The summed E-state index contributed by atoms with van der Waals surface area (Å²) in [5.41, 5.74) is 0.759. The zero-order valence-electron chi connectivity index (χ0n) is 12.7. The van der Waals surface area contributed by atoms with Crippen LogP contribution in [0.1, 0.15) is 31.9 Å². The quantitative estimate of drug-likeness (QED) is 0.946. The molecule has 0 spiro atoms. The molecule has 0 saturated carbocycles. The van der Waals surface area contributed by atoms with Crippen LogP contribution in [0.15, 0.2) is 34.7 Å². The Morgan fingerprint density at radius 3 is 2.73 bits per heavy atom. The highest BCUT2D eigenvalue weighted by Crippen LogP contribution is 2.31. The first-order valence-corrected chi connectivity index (χ1v) is 7.51. The summed E-state index contributed by atoms with van der Waals surface area (Å²) < 4.78 is 5.76. The third kappa shape index (κ3) is 2.36. The lowest BCUT2D eigenvalue weighted by Gasteiger charge is -2.25. The molecule has 116 valence electrons. The first-order chi connectivity index (χ1) is 10.5. The maximum atomic E-state index is 12.7. The lowest BCUT2D eigenvalue weighted by atomic mass is 10.0. The van der Waals surface area contributed by atoms with Crippen molar-refractivity contribution in [1.82, 2.24) is 4.90 Å². The SMILES string of the molecule is CC(C(=O)N1CCC(C(=O)O)C1C)c1cc2ccccc2o1. The minimum atomic E-state index is -0.834. The van der Waals surface area contributed by atoms with E-state index >= 15 is 0 Å². The molecule has 1 N–H and O–H groups in total. The van der Waals surface area contributed by atoms with Crippen LogP contribution in [0.25, 0.3) is 11.0 Å². The van der Waals surface area contributed by atoms with Crippen LogP contribution in [-0.2, 0) is 9.59 Å². The van der Waals surface area contributed by atoms with Gasteiger partial charge in [0.05, 0.1) is 11.8 Å². The van der Waals surface area contributed by atoms with Gasteiger partial charge in [0.1, 0.15) is 11.3 Å². The van der Waals surface area contributed by atoms with E-state index in [0.717, 1.165) is 11.0 Å². The fourth-order valence-electron chi connectivity index (χ4n) is 3.17. The van der Waals surface area contributed by atoms with Crippen LogP contribution >= 0.6 is 0 Å². The van der Waals surface area contributed by atoms with Crippen LogP contribution in [0, 0.1) is 5.92 Å². The van der Waals surface area contributed by atoms with Gasteiger partial charge < -0.3 is 14.4 Å². The van der Waals surface area contributed by atoms with E-state index in [1.54, 1.807) is 18.7 Å². The van der Waals surface area contributed by atoms with Crippen LogP contribution in [-0.4, -0.2) is 34.5 Å². The smallest absolute Gasteiger partial charge is 0.308 e. The fourth-order valence-corrected chi connectivity index (χ4v) is 3.17. The molecule has 5 heteroatoms. The van der Waals surface area contributed by atoms with Crippen molar-refractivity contribution in [3.8, 4) is 0 Å². The van der Waals surface area contributed by atoms with Gasteiger partial charge in [0.25, 0.3) is 0 Å². The molecule has 1 aliphatic rings. The Morgan fingerprint density at radius 1 is 1.36 bits per heavy atom. The number of furan rings is 1. The summed E-state index contributed by atoms with van der Waals surface area (Å²) in [5, 5.41) is 10.1. The van der Waals surface area contributed by atoms with Gasteiger partial charge in [0, 0.05) is 18.0 Å². The van der Waals surface area contributed by atoms with Crippen molar-refractivity contribution < 1.29 is 19.1 Å². The zero-order valence-corrected chi connectivity index (χ0v) is 12.7. The molecule has 0 radical (unpaired) electrons. The molecular weight excluding hydrogens is 282 g/mol. The summed E-state index contributed by atoms with van der Waals surface area (Å²) >= 11 is 0. The summed E-state index contributed by atoms with van der Waals surface area (Å²) in [4.78, 5) is 25.5. The largest absolute Gasteiger partial charge is 0.481 e. The van der Waals surface area contributed by atoms with Crippen molar-refractivity contribution in [2.45, 2.75) is 32.2 Å². The number of aliphatic carboxylic acids is 1. The Hall–Kier alpha value is -2.30. The Balaban J connectivity index is 1.81. The number of fused-ring (bicyclic) bond motifs is 1. The van der Waals surface area contributed by atoms with Crippen molar-refractivity contribution in [3.63, 3.8) is 0 Å². The molecule has 3 rings (SSSR count). The van der Waals surface area contributed by atoms with Gasteiger partial charge in [-0.15, -0.1) is 0 Å². The minimum absolute atomic E-state index is 0.0738. The lowest BCUT2D eigenvalue weighted by Crippen LogP contribution is -2.39. The monoisotopic (exact) mass is 301 g/mol. The summed E-state index contributed by atoms with van der Waals surface area (Å²) in [7, 11) is 0. The van der Waals surface area contributed by atoms with E-state index in [1.165, 1.54) is 0 Å². The molecular formula is C17H19NO4. The number of carbonyl (C=O) groups is 2. The molecule has 1 saturated heterocycles. The molecule has 1 fully saturated rings. The highest BCUT2D eigenvalue weighted by Gasteiger charge is 2.40. The van der Waals surface area contributed by atoms with E-state index in [9.17, 15) is 14.7 Å². The number of likely N-dealkylation sites (tertiary alicyclic amines) is 1. The van der Waals surface area contributed by atoms with Crippen LogP contribution < -0.4 is 0 Å². The third-order valence-electron chi connectivity index (χ3n) is 4.60. The Labute approximate surface area is 128 Å². The predicted octanol–water partition coefficient (Wildman–Crippen LogP) is 2.86. The number of carbonyl (C=O) groups excluding carboxylic acids is 1. The van der Waals surface area contributed by atoms with E-state index in [2.05, 4.69) is 0 Å². The normalized spacial score (nSPS) is 22.9. The van der Waals surface area contributed by atoms with Gasteiger partial charge in [-0.1, -0.05) is 18.2 Å². The molecule has 3 unspecified atom stereocenters. The summed E-state index contributed by atoms with van der Waals surface area (Å²) in [6.45, 7) is 4.09. The molecule has 1 aromatic heterocycles. The number of para-hydroxylation sites is 1. The molecule has 3 atom stereocenters. The number of nitrogens with zero attached hydrogens (tertiary/aromatic N) is 1. The van der Waals surface area contributed by atoms with Gasteiger partial charge >= 0.3 is 5.97 Å². The van der Waals surface area contributed by atoms with Crippen LogP contribution in [0.2, 0.25) is 0 Å². The average Bonchev–Trinajstić information content (AvgIpc) is 3.09. The maximum Gasteiger partial charge on any atom is 0.308 e. The summed E-state index contributed by atoms with van der Waals surface area (Å²) in [6, 6.07) is 9.23. The number of hydrogen-bond donors (Lipinski definition) is 1. The number of hydrogen-bond acceptors (Lipinski definition) is 3. The average molecular weight is 301 g/mol. The molecule has 1 aromatic carbocycles. The fraction of sp³-hybridized carbons (Fsp3) is 0.412. The standard InChI is InChI=1S/C17H19NO4/c1-10(15-9-12-5-3-4-6-14(12)22-15)16(19)18-8-7-13(11(18)2)17(20)21/h3-6,9-11,13H,7-8H2,1-2H3,(H,20,21). The third-order valence-corrected chi connectivity index (χ3v) is 4.60. The van der Waals surface area contributed by atoms with Gasteiger partial charge in [-0.3, -0.25) is 9.59 Å². The van der Waals surface area contributed by atoms with Crippen molar-refractivity contribution in [2.24, 2.45) is 5.92 Å². The second-order valence-electron chi connectivity index (χ2n) is 5.91. The van der Waals surface area contributed by atoms with Crippen molar-refractivity contribution in [2.75, 3.05) is 6.54 Å². The molecule has 22 heavy (non-hydrogen) atoms. The number of carboxylic acids is 1. The molecule has 2 aromatic rings. The maximum absolute atomic E-state index is 12.7. The number of carboxylic acid groups (broad SMARTS) is 1. The summed E-state index contributed by atoms with van der Waals surface area (Å²) in [5.74, 6) is -1.18. The minimum Gasteiger partial charge on any atom is -0.481 e. The Bertz CT molecular complexity index is 687. The lowest BCUT2D eigenvalue weighted by molar-refractivity contribution is -0.143. The Kier molecular flexibility index (Phi) is 3.64. The van der Waals surface area contributed by atoms with Gasteiger partial charge in [0.2, 0.25) is 5.91 Å². The van der Waals surface area contributed by atoms with E-state index < -0.39 is 17.8 Å².